The molecule has 2 N–H and O–H groups in total. The number of anilines is 1. The Morgan fingerprint density at radius 1 is 1.33 bits per heavy atom. The number of carboxylic acid groups (broad SMARTS) is 1. The molecule has 0 radical (unpaired) electrons. The van der Waals surface area contributed by atoms with Crippen molar-refractivity contribution in [2.75, 3.05) is 25.1 Å². The highest BCUT2D eigenvalue weighted by atomic mass is 16.5. The van der Waals surface area contributed by atoms with E-state index < -0.39 is 17.3 Å². The third-order valence-corrected chi connectivity index (χ3v) is 5.53. The summed E-state index contributed by atoms with van der Waals surface area (Å²) in [5.74, 6) is -1.28. The zero-order chi connectivity index (χ0) is 20.2. The average molecular weight is 376 g/mol. The minimum Gasteiger partial charge on any atom is -0.495 e. The van der Waals surface area contributed by atoms with E-state index in [0.29, 0.717) is 24.3 Å². The summed E-state index contributed by atoms with van der Waals surface area (Å²) in [6.45, 7) is 5.84. The maximum Gasteiger partial charge on any atom is 0.311 e. The third kappa shape index (κ3) is 4.23. The van der Waals surface area contributed by atoms with Gasteiger partial charge in [-0.15, -0.1) is 0 Å². The summed E-state index contributed by atoms with van der Waals surface area (Å²) in [6, 6.07) is 5.56. The molecule has 1 aliphatic rings. The van der Waals surface area contributed by atoms with E-state index in [4.69, 9.17) is 4.74 Å². The highest BCUT2D eigenvalue weighted by Crippen LogP contribution is 2.34. The standard InChI is InChI=1S/C20H28N2O5/c1-5-20(6-2,19(25)26)12-21-18(24)14-10-17(23)22(11-14)15-9-13(3)7-8-16(15)27-4/h7-9,14H,5-6,10-12H2,1-4H3,(H,21,24)(H,25,26). The molecule has 7 heteroatoms. The maximum absolute atomic E-state index is 12.6. The Hall–Kier alpha value is -2.57. The quantitative estimate of drug-likeness (QED) is 0.726. The van der Waals surface area contributed by atoms with Crippen LogP contribution in [0.25, 0.3) is 0 Å². The van der Waals surface area contributed by atoms with Crippen molar-refractivity contribution < 1.29 is 24.2 Å². The zero-order valence-electron chi connectivity index (χ0n) is 16.4. The molecule has 0 aliphatic carbocycles. The van der Waals surface area contributed by atoms with E-state index in [9.17, 15) is 19.5 Å². The number of aliphatic carboxylic acids is 1. The van der Waals surface area contributed by atoms with E-state index in [2.05, 4.69) is 5.32 Å². The fraction of sp³-hybridized carbons (Fsp3) is 0.550. The van der Waals surface area contributed by atoms with Gasteiger partial charge in [-0.3, -0.25) is 14.4 Å². The molecular formula is C20H28N2O5. The largest absolute Gasteiger partial charge is 0.495 e. The van der Waals surface area contributed by atoms with Gasteiger partial charge in [-0.25, -0.2) is 0 Å². The Morgan fingerprint density at radius 3 is 2.56 bits per heavy atom. The summed E-state index contributed by atoms with van der Waals surface area (Å²) in [4.78, 5) is 38.2. The number of aryl methyl sites for hydroxylation is 1. The van der Waals surface area contributed by atoms with Crippen LogP contribution in [0, 0.1) is 18.3 Å². The summed E-state index contributed by atoms with van der Waals surface area (Å²) in [5.41, 5.74) is 0.668. The van der Waals surface area contributed by atoms with Crippen LogP contribution in [0.5, 0.6) is 5.75 Å². The molecule has 0 saturated carbocycles. The Kier molecular flexibility index (Phi) is 6.46. The number of carbonyl (C=O) groups excluding carboxylic acids is 2. The van der Waals surface area contributed by atoms with Gasteiger partial charge in [-0.2, -0.15) is 0 Å². The summed E-state index contributed by atoms with van der Waals surface area (Å²) >= 11 is 0. The van der Waals surface area contributed by atoms with Gasteiger partial charge in [0.1, 0.15) is 5.75 Å². The number of ether oxygens (including phenoxy) is 1. The molecule has 0 spiro atoms. The molecule has 1 unspecified atom stereocenters. The van der Waals surface area contributed by atoms with E-state index in [-0.39, 0.29) is 31.3 Å². The van der Waals surface area contributed by atoms with Crippen molar-refractivity contribution in [3.63, 3.8) is 0 Å². The number of rotatable bonds is 8. The van der Waals surface area contributed by atoms with Gasteiger partial charge in [0.15, 0.2) is 0 Å². The summed E-state index contributed by atoms with van der Waals surface area (Å²) in [6.07, 6.45) is 0.950. The number of nitrogens with one attached hydrogen (secondary N) is 1. The van der Waals surface area contributed by atoms with Gasteiger partial charge in [0.2, 0.25) is 11.8 Å². The van der Waals surface area contributed by atoms with Crippen LogP contribution in [0.2, 0.25) is 0 Å². The van der Waals surface area contributed by atoms with E-state index in [1.54, 1.807) is 31.9 Å². The minimum absolute atomic E-state index is 0.0621. The topological polar surface area (TPSA) is 95.9 Å². The van der Waals surface area contributed by atoms with Crippen LogP contribution in [0.3, 0.4) is 0 Å². The second kappa shape index (κ2) is 8.41. The van der Waals surface area contributed by atoms with Gasteiger partial charge in [0.05, 0.1) is 24.1 Å². The lowest BCUT2D eigenvalue weighted by Gasteiger charge is -2.27. The van der Waals surface area contributed by atoms with Crippen molar-refractivity contribution in [3.8, 4) is 5.75 Å². The molecule has 1 heterocycles. The van der Waals surface area contributed by atoms with Gasteiger partial charge >= 0.3 is 5.97 Å². The van der Waals surface area contributed by atoms with E-state index in [0.717, 1.165) is 5.56 Å². The smallest absolute Gasteiger partial charge is 0.311 e. The summed E-state index contributed by atoms with van der Waals surface area (Å²) < 4.78 is 5.34. The number of carboxylic acids is 1. The van der Waals surface area contributed by atoms with Crippen molar-refractivity contribution in [3.05, 3.63) is 23.8 Å². The number of amides is 2. The Morgan fingerprint density at radius 2 is 2.00 bits per heavy atom. The molecular weight excluding hydrogens is 348 g/mol. The highest BCUT2D eigenvalue weighted by Gasteiger charge is 2.39. The van der Waals surface area contributed by atoms with Crippen LogP contribution in [-0.4, -0.2) is 43.1 Å². The fourth-order valence-corrected chi connectivity index (χ4v) is 3.41. The zero-order valence-corrected chi connectivity index (χ0v) is 16.4. The predicted molar refractivity (Wildman–Crippen MR) is 102 cm³/mol. The van der Waals surface area contributed by atoms with E-state index in [1.807, 2.05) is 19.1 Å². The molecule has 0 bridgehead atoms. The molecule has 1 aromatic rings. The lowest BCUT2D eigenvalue weighted by atomic mass is 9.82. The summed E-state index contributed by atoms with van der Waals surface area (Å²) in [5, 5.41) is 12.2. The predicted octanol–water partition coefficient (Wildman–Crippen LogP) is 2.36. The second-order valence-corrected chi connectivity index (χ2v) is 7.09. The van der Waals surface area contributed by atoms with Crippen molar-refractivity contribution in [2.24, 2.45) is 11.3 Å². The highest BCUT2D eigenvalue weighted by molar-refractivity contribution is 6.01. The fourth-order valence-electron chi connectivity index (χ4n) is 3.41. The molecule has 148 valence electrons. The van der Waals surface area contributed by atoms with Gasteiger partial charge in [-0.05, 0) is 37.5 Å². The van der Waals surface area contributed by atoms with Gasteiger partial charge in [0.25, 0.3) is 0 Å². The number of hydrogen-bond acceptors (Lipinski definition) is 4. The average Bonchev–Trinajstić information content (AvgIpc) is 3.04. The number of nitrogens with zero attached hydrogens (tertiary/aromatic N) is 1. The monoisotopic (exact) mass is 376 g/mol. The SMILES string of the molecule is CCC(CC)(CNC(=O)C1CC(=O)N(c2cc(C)ccc2OC)C1)C(=O)O. The van der Waals surface area contributed by atoms with Crippen molar-refractivity contribution >= 4 is 23.5 Å². The van der Waals surface area contributed by atoms with Crippen LogP contribution >= 0.6 is 0 Å². The van der Waals surface area contributed by atoms with Crippen LogP contribution in [0.4, 0.5) is 5.69 Å². The van der Waals surface area contributed by atoms with Gasteiger partial charge in [-0.1, -0.05) is 19.9 Å². The molecule has 1 saturated heterocycles. The summed E-state index contributed by atoms with van der Waals surface area (Å²) in [7, 11) is 1.54. The normalized spacial score (nSPS) is 17.1. The van der Waals surface area contributed by atoms with Gasteiger partial charge in [0, 0.05) is 19.5 Å². The Bertz CT molecular complexity index is 727. The Balaban J connectivity index is 2.10. The van der Waals surface area contributed by atoms with Crippen LogP contribution < -0.4 is 15.0 Å². The number of hydrogen-bond donors (Lipinski definition) is 2. The number of carbonyl (C=O) groups is 3. The van der Waals surface area contributed by atoms with Crippen molar-refractivity contribution in [1.82, 2.24) is 5.32 Å². The minimum atomic E-state index is -0.974. The number of benzene rings is 1. The molecule has 1 fully saturated rings. The van der Waals surface area contributed by atoms with Crippen LogP contribution in [-0.2, 0) is 14.4 Å². The molecule has 1 aromatic carbocycles. The van der Waals surface area contributed by atoms with Crippen LogP contribution in [0.1, 0.15) is 38.7 Å². The van der Waals surface area contributed by atoms with E-state index >= 15 is 0 Å². The first kappa shape index (κ1) is 20.7. The first-order chi connectivity index (χ1) is 12.8. The first-order valence-electron chi connectivity index (χ1n) is 9.24. The van der Waals surface area contributed by atoms with Crippen molar-refractivity contribution in [2.45, 2.75) is 40.0 Å². The molecule has 1 aliphatic heterocycles. The molecule has 1 atom stereocenters. The van der Waals surface area contributed by atoms with E-state index in [1.165, 1.54) is 0 Å². The maximum atomic E-state index is 12.6. The second-order valence-electron chi connectivity index (χ2n) is 7.09. The van der Waals surface area contributed by atoms with Crippen molar-refractivity contribution in [1.29, 1.82) is 0 Å². The third-order valence-electron chi connectivity index (χ3n) is 5.53. The lowest BCUT2D eigenvalue weighted by Crippen LogP contribution is -2.44. The molecule has 2 amide bonds. The molecule has 7 nitrogen and oxygen atoms in total. The van der Waals surface area contributed by atoms with Crippen LogP contribution in [0.15, 0.2) is 18.2 Å². The molecule has 2 rings (SSSR count). The Labute approximate surface area is 159 Å². The first-order valence-corrected chi connectivity index (χ1v) is 9.24. The molecule has 0 aromatic heterocycles. The molecule has 27 heavy (non-hydrogen) atoms. The lowest BCUT2D eigenvalue weighted by molar-refractivity contribution is -0.149. The number of methoxy groups -OCH3 is 1. The van der Waals surface area contributed by atoms with Gasteiger partial charge < -0.3 is 20.1 Å².